The topological polar surface area (TPSA) is 151 Å². The molecular weight excluding hydrogens is 338 g/mol. The van der Waals surface area contributed by atoms with Gasteiger partial charge in [-0.3, -0.25) is 0 Å². The number of aryl methyl sites for hydroxylation is 1. The molecule has 0 aliphatic carbocycles. The summed E-state index contributed by atoms with van der Waals surface area (Å²) < 4.78 is 12.1. The molecule has 0 aromatic carbocycles. The van der Waals surface area contributed by atoms with Crippen molar-refractivity contribution in [2.45, 2.75) is 26.5 Å². The van der Waals surface area contributed by atoms with Crippen molar-refractivity contribution in [2.75, 3.05) is 18.9 Å². The Bertz CT molecular complexity index is 981. The van der Waals surface area contributed by atoms with Crippen LogP contribution in [0.3, 0.4) is 0 Å². The molecule has 0 radical (unpaired) electrons. The lowest BCUT2D eigenvalue weighted by atomic mass is 10.2. The Kier molecular flexibility index (Phi) is 5.01. The average Bonchev–Trinajstić information content (AvgIpc) is 3.20. The van der Waals surface area contributed by atoms with Crippen LogP contribution in [0.15, 0.2) is 10.7 Å². The number of anilines is 1. The summed E-state index contributed by atoms with van der Waals surface area (Å²) in [5.41, 5.74) is 13.3. The van der Waals surface area contributed by atoms with Gasteiger partial charge in [-0.05, 0) is 30.1 Å². The predicted molar refractivity (Wildman–Crippen MR) is 94.0 cm³/mol. The first-order valence-corrected chi connectivity index (χ1v) is 8.07. The lowest BCUT2D eigenvalue weighted by Crippen LogP contribution is -2.11. The van der Waals surface area contributed by atoms with Crippen LogP contribution in [0.5, 0.6) is 5.88 Å². The minimum Gasteiger partial charge on any atom is -0.476 e. The molecule has 136 valence electrons. The molecule has 0 fully saturated rings. The molecule has 0 aliphatic rings. The van der Waals surface area contributed by atoms with Gasteiger partial charge in [-0.2, -0.15) is 0 Å². The first-order valence-electron chi connectivity index (χ1n) is 8.07. The number of hydrogen-bond donors (Lipinski definition) is 3. The fourth-order valence-corrected chi connectivity index (χ4v) is 2.45. The smallest absolute Gasteiger partial charge is 0.216 e. The second-order valence-corrected chi connectivity index (χ2v) is 5.44. The van der Waals surface area contributed by atoms with Crippen molar-refractivity contribution in [1.29, 1.82) is 0 Å². The van der Waals surface area contributed by atoms with E-state index in [9.17, 15) is 5.11 Å². The highest BCUT2D eigenvalue weighted by Crippen LogP contribution is 2.29. The van der Waals surface area contributed by atoms with Gasteiger partial charge in [-0.25, -0.2) is 14.6 Å². The zero-order chi connectivity index (χ0) is 18.7. The highest BCUT2D eigenvalue weighted by Gasteiger charge is 2.21. The number of nitrogens with zero attached hydrogens (tertiary/aromatic N) is 5. The summed E-state index contributed by atoms with van der Waals surface area (Å²) in [5, 5.41) is 16.9. The third-order valence-electron chi connectivity index (χ3n) is 3.52. The van der Waals surface area contributed by atoms with Crippen LogP contribution in [0.4, 0.5) is 5.82 Å². The van der Waals surface area contributed by atoms with Crippen LogP contribution in [0.25, 0.3) is 22.6 Å². The molecule has 5 N–H and O–H groups in total. The van der Waals surface area contributed by atoms with Gasteiger partial charge in [-0.15, -0.1) is 0 Å². The number of nitrogens with two attached hydrogens (primary N) is 2. The summed E-state index contributed by atoms with van der Waals surface area (Å²) in [6, 6.07) is 1.75. The zero-order valence-corrected chi connectivity index (χ0v) is 14.4. The van der Waals surface area contributed by atoms with E-state index in [0.717, 1.165) is 5.52 Å². The summed E-state index contributed by atoms with van der Waals surface area (Å²) in [7, 11) is 0. The van der Waals surface area contributed by atoms with E-state index in [1.807, 2.05) is 11.5 Å². The van der Waals surface area contributed by atoms with E-state index >= 15 is 0 Å². The summed E-state index contributed by atoms with van der Waals surface area (Å²) in [4.78, 5) is 8.95. The van der Waals surface area contributed by atoms with E-state index < -0.39 is 6.10 Å². The number of aliphatic hydroxyl groups is 1. The molecule has 1 unspecified atom stereocenters. The van der Waals surface area contributed by atoms with Crippen LogP contribution >= 0.6 is 0 Å². The highest BCUT2D eigenvalue weighted by molar-refractivity contribution is 5.86. The van der Waals surface area contributed by atoms with Gasteiger partial charge in [0.2, 0.25) is 5.88 Å². The minimum atomic E-state index is -0.802. The normalized spacial score (nSPS) is 12.0. The van der Waals surface area contributed by atoms with Crippen molar-refractivity contribution in [1.82, 2.24) is 24.8 Å². The maximum absolute atomic E-state index is 9.47. The number of imidazole rings is 1. The monoisotopic (exact) mass is 357 g/mol. The molecule has 26 heavy (non-hydrogen) atoms. The van der Waals surface area contributed by atoms with Crippen molar-refractivity contribution in [3.05, 3.63) is 11.8 Å². The van der Waals surface area contributed by atoms with E-state index in [1.54, 1.807) is 13.0 Å². The molecule has 3 heterocycles. The van der Waals surface area contributed by atoms with Crippen molar-refractivity contribution in [3.63, 3.8) is 0 Å². The zero-order valence-electron chi connectivity index (χ0n) is 14.4. The number of nitrogen functional groups attached to an aromatic ring is 1. The third-order valence-corrected chi connectivity index (χ3v) is 3.52. The highest BCUT2D eigenvalue weighted by atomic mass is 16.6. The van der Waals surface area contributed by atoms with Gasteiger partial charge in [0.25, 0.3) is 0 Å². The fourth-order valence-electron chi connectivity index (χ4n) is 2.45. The molecule has 0 saturated carbocycles. The number of fused-ring (bicyclic) bond motifs is 1. The largest absolute Gasteiger partial charge is 0.476 e. The van der Waals surface area contributed by atoms with Crippen molar-refractivity contribution < 1.29 is 14.5 Å². The van der Waals surface area contributed by atoms with Gasteiger partial charge in [0, 0.05) is 19.2 Å². The molecule has 3 aromatic heterocycles. The predicted octanol–water partition coefficient (Wildman–Crippen LogP) is 0.153. The molecule has 3 aromatic rings. The maximum Gasteiger partial charge on any atom is 0.216 e. The van der Waals surface area contributed by atoms with Crippen LogP contribution in [0, 0.1) is 11.8 Å². The number of ether oxygens (including phenoxy) is 1. The van der Waals surface area contributed by atoms with Gasteiger partial charge < -0.3 is 25.9 Å². The van der Waals surface area contributed by atoms with Gasteiger partial charge in [-0.1, -0.05) is 5.92 Å². The molecule has 10 nitrogen and oxygen atoms in total. The second kappa shape index (κ2) is 7.38. The Labute approximate surface area is 149 Å². The standard InChI is InChI=1S/C16H19N7O3/c1-3-23-11-8-12(25-7-6-17)19-10(5-4-9(2)24)13(11)20-16(23)14-15(18)22-26-21-14/h8-9,24H,3,6-7,17H2,1-2H3,(H2,18,22). The van der Waals surface area contributed by atoms with E-state index in [0.29, 0.717) is 48.3 Å². The molecule has 0 saturated heterocycles. The number of aromatic nitrogens is 5. The lowest BCUT2D eigenvalue weighted by molar-refractivity contribution is 0.253. The number of rotatable bonds is 5. The van der Waals surface area contributed by atoms with Crippen LogP contribution in [-0.4, -0.2) is 49.2 Å². The SMILES string of the molecule is CCn1c(-c2nonc2N)nc2c(C#CC(C)O)nc(OCCN)cc21. The number of pyridine rings is 1. The quantitative estimate of drug-likeness (QED) is 0.542. The molecule has 0 aliphatic heterocycles. The van der Waals surface area contributed by atoms with Crippen LogP contribution < -0.4 is 16.2 Å². The van der Waals surface area contributed by atoms with Gasteiger partial charge >= 0.3 is 0 Å². The van der Waals surface area contributed by atoms with Crippen LogP contribution in [-0.2, 0) is 6.54 Å². The summed E-state index contributed by atoms with van der Waals surface area (Å²) in [6.45, 7) is 4.78. The van der Waals surface area contributed by atoms with Crippen molar-refractivity contribution in [2.24, 2.45) is 5.73 Å². The molecule has 3 rings (SSSR count). The molecule has 10 heteroatoms. The maximum atomic E-state index is 9.47. The Morgan fingerprint density at radius 2 is 2.19 bits per heavy atom. The molecule has 0 amide bonds. The number of aliphatic hydroxyl groups excluding tert-OH is 1. The van der Waals surface area contributed by atoms with Gasteiger partial charge in [0.1, 0.15) is 23.9 Å². The molecule has 0 spiro atoms. The Balaban J connectivity index is 2.25. The summed E-state index contributed by atoms with van der Waals surface area (Å²) in [5.74, 6) is 6.50. The molecule has 0 bridgehead atoms. The van der Waals surface area contributed by atoms with Gasteiger partial charge in [0.05, 0.1) is 5.52 Å². The first kappa shape index (κ1) is 17.7. The number of hydrogen-bond acceptors (Lipinski definition) is 9. The third kappa shape index (κ3) is 3.30. The first-order chi connectivity index (χ1) is 12.5. The minimum absolute atomic E-state index is 0.138. The van der Waals surface area contributed by atoms with Gasteiger partial charge in [0.15, 0.2) is 17.3 Å². The Hall–Kier alpha value is -3.16. The van der Waals surface area contributed by atoms with E-state index in [-0.39, 0.29) is 5.82 Å². The fraction of sp³-hybridized carbons (Fsp3) is 0.375. The molecular formula is C16H19N7O3. The average molecular weight is 357 g/mol. The summed E-state index contributed by atoms with van der Waals surface area (Å²) in [6.07, 6.45) is -0.802. The lowest BCUT2D eigenvalue weighted by Gasteiger charge is -2.07. The van der Waals surface area contributed by atoms with Crippen LogP contribution in [0.1, 0.15) is 19.5 Å². The Morgan fingerprint density at radius 3 is 2.81 bits per heavy atom. The van der Waals surface area contributed by atoms with E-state index in [2.05, 4.69) is 36.8 Å². The summed E-state index contributed by atoms with van der Waals surface area (Å²) >= 11 is 0. The van der Waals surface area contributed by atoms with Crippen LogP contribution in [0.2, 0.25) is 0 Å². The van der Waals surface area contributed by atoms with Crippen molar-refractivity contribution in [3.8, 4) is 29.2 Å². The Morgan fingerprint density at radius 1 is 1.38 bits per heavy atom. The van der Waals surface area contributed by atoms with E-state index in [1.165, 1.54) is 0 Å². The second-order valence-electron chi connectivity index (χ2n) is 5.44. The van der Waals surface area contributed by atoms with Crippen molar-refractivity contribution >= 4 is 16.9 Å². The van der Waals surface area contributed by atoms with E-state index in [4.69, 9.17) is 16.2 Å². The molecule has 1 atom stereocenters.